The predicted molar refractivity (Wildman–Crippen MR) is 142 cm³/mol. The molecule has 2 saturated heterocycles. The first-order valence-electron chi connectivity index (χ1n) is 14.4. The summed E-state index contributed by atoms with van der Waals surface area (Å²) in [5.41, 5.74) is 1.63. The fraction of sp³-hybridized carbons (Fsp3) is 0.733. The van der Waals surface area contributed by atoms with Gasteiger partial charge in [-0.15, -0.1) is 0 Å². The number of aryl methyl sites for hydroxylation is 1. The molecule has 3 aliphatic heterocycles. The number of carbonyl (C=O) groups excluding carboxylic acids is 2. The van der Waals surface area contributed by atoms with Crippen molar-refractivity contribution in [2.24, 2.45) is 23.2 Å². The summed E-state index contributed by atoms with van der Waals surface area (Å²) in [5, 5.41) is 0. The van der Waals surface area contributed by atoms with Gasteiger partial charge < -0.3 is 14.5 Å². The van der Waals surface area contributed by atoms with Gasteiger partial charge in [0, 0.05) is 51.7 Å². The molecule has 6 heteroatoms. The summed E-state index contributed by atoms with van der Waals surface area (Å²) in [6, 6.07) is 8.56. The molecule has 0 N–H and O–H groups in total. The van der Waals surface area contributed by atoms with Crippen LogP contribution in [-0.2, 0) is 16.0 Å². The monoisotopic (exact) mass is 495 g/mol. The molecule has 198 valence electrons. The van der Waals surface area contributed by atoms with Crippen LogP contribution in [0.2, 0.25) is 0 Å². The van der Waals surface area contributed by atoms with Crippen LogP contribution in [0.1, 0.15) is 64.4 Å². The Morgan fingerprint density at radius 1 is 1.00 bits per heavy atom. The molecule has 6 nitrogen and oxygen atoms in total. The lowest BCUT2D eigenvalue weighted by molar-refractivity contribution is -0.151. The average molecular weight is 496 g/mol. The second-order valence-corrected chi connectivity index (χ2v) is 12.3. The Hall–Kier alpha value is -2.08. The topological polar surface area (TPSA) is 53.1 Å². The molecule has 1 spiro atoms. The van der Waals surface area contributed by atoms with Gasteiger partial charge in [-0.3, -0.25) is 14.5 Å². The van der Waals surface area contributed by atoms with Crippen LogP contribution >= 0.6 is 0 Å². The first kappa shape index (κ1) is 25.6. The van der Waals surface area contributed by atoms with E-state index in [1.54, 1.807) is 0 Å². The Morgan fingerprint density at radius 2 is 1.75 bits per heavy atom. The lowest BCUT2D eigenvalue weighted by atomic mass is 9.73. The summed E-state index contributed by atoms with van der Waals surface area (Å²) in [6.07, 6.45) is 9.68. The van der Waals surface area contributed by atoms with Crippen LogP contribution < -0.4 is 4.74 Å². The van der Waals surface area contributed by atoms with Crippen LogP contribution in [0, 0.1) is 23.2 Å². The number of ether oxygens (including phenoxy) is 1. The van der Waals surface area contributed by atoms with E-state index in [1.807, 2.05) is 18.7 Å². The van der Waals surface area contributed by atoms with Crippen molar-refractivity contribution in [3.8, 4) is 5.75 Å². The molecule has 5 rings (SSSR count). The van der Waals surface area contributed by atoms with Crippen molar-refractivity contribution in [2.45, 2.75) is 65.2 Å². The molecule has 1 aromatic rings. The first-order valence-corrected chi connectivity index (χ1v) is 14.4. The minimum Gasteiger partial charge on any atom is -0.492 e. The molecule has 2 amide bonds. The number of piperidine rings is 1. The van der Waals surface area contributed by atoms with Crippen LogP contribution in [0.4, 0.5) is 0 Å². The van der Waals surface area contributed by atoms with Crippen LogP contribution in [0.25, 0.3) is 0 Å². The van der Waals surface area contributed by atoms with Gasteiger partial charge in [0.15, 0.2) is 0 Å². The zero-order chi connectivity index (χ0) is 25.1. The number of nitrogens with zero attached hydrogens (tertiary/aromatic N) is 3. The normalized spacial score (nSPS) is 23.9. The van der Waals surface area contributed by atoms with E-state index in [0.717, 1.165) is 63.7 Å². The van der Waals surface area contributed by atoms with E-state index in [2.05, 4.69) is 34.1 Å². The van der Waals surface area contributed by atoms with Gasteiger partial charge in [0.1, 0.15) is 12.4 Å². The van der Waals surface area contributed by atoms with Gasteiger partial charge in [-0.05, 0) is 67.9 Å². The van der Waals surface area contributed by atoms with Crippen molar-refractivity contribution < 1.29 is 14.3 Å². The quantitative estimate of drug-likeness (QED) is 0.627. The van der Waals surface area contributed by atoms with Crippen LogP contribution in [0.15, 0.2) is 24.3 Å². The summed E-state index contributed by atoms with van der Waals surface area (Å²) >= 11 is 0. The number of carbonyl (C=O) groups is 2. The van der Waals surface area contributed by atoms with Crippen LogP contribution in [0.5, 0.6) is 5.75 Å². The largest absolute Gasteiger partial charge is 0.492 e. The third-order valence-electron chi connectivity index (χ3n) is 8.99. The van der Waals surface area contributed by atoms with Gasteiger partial charge in [-0.2, -0.15) is 0 Å². The Kier molecular flexibility index (Phi) is 7.90. The van der Waals surface area contributed by atoms with Gasteiger partial charge in [0.2, 0.25) is 11.8 Å². The Bertz CT molecular complexity index is 914. The SMILES string of the molecule is CC(C)C(=O)N1CC(C(=O)N2CCC3(CCCCc4ccccc4OCCN(CC4CC4)C3)CC2)C1. The van der Waals surface area contributed by atoms with Crippen molar-refractivity contribution in [1.29, 1.82) is 0 Å². The number of para-hydroxylation sites is 1. The Balaban J connectivity index is 1.20. The van der Waals surface area contributed by atoms with E-state index in [4.69, 9.17) is 4.74 Å². The smallest absolute Gasteiger partial charge is 0.229 e. The number of hydrogen-bond acceptors (Lipinski definition) is 4. The van der Waals surface area contributed by atoms with E-state index in [9.17, 15) is 9.59 Å². The van der Waals surface area contributed by atoms with Crippen molar-refractivity contribution in [2.75, 3.05) is 52.4 Å². The summed E-state index contributed by atoms with van der Waals surface area (Å²) < 4.78 is 6.28. The number of benzene rings is 1. The highest BCUT2D eigenvalue weighted by molar-refractivity contribution is 5.85. The second-order valence-electron chi connectivity index (χ2n) is 12.3. The van der Waals surface area contributed by atoms with Gasteiger partial charge in [-0.1, -0.05) is 38.5 Å². The molecule has 36 heavy (non-hydrogen) atoms. The average Bonchev–Trinajstić information content (AvgIpc) is 3.65. The fourth-order valence-electron chi connectivity index (χ4n) is 6.45. The molecular formula is C30H45N3O3. The van der Waals surface area contributed by atoms with Gasteiger partial charge in [0.05, 0.1) is 5.92 Å². The molecule has 3 fully saturated rings. The maximum absolute atomic E-state index is 13.2. The molecule has 3 heterocycles. The molecule has 1 aromatic carbocycles. The minimum atomic E-state index is 0.00152. The van der Waals surface area contributed by atoms with Crippen molar-refractivity contribution in [3.05, 3.63) is 29.8 Å². The lowest BCUT2D eigenvalue weighted by Gasteiger charge is -2.47. The number of rotatable bonds is 4. The summed E-state index contributed by atoms with van der Waals surface area (Å²) in [4.78, 5) is 32.0. The van der Waals surface area contributed by atoms with Gasteiger partial charge >= 0.3 is 0 Å². The zero-order valence-corrected chi connectivity index (χ0v) is 22.4. The third kappa shape index (κ3) is 6.07. The second kappa shape index (κ2) is 11.1. The molecule has 0 atom stereocenters. The van der Waals surface area contributed by atoms with Crippen molar-refractivity contribution in [1.82, 2.24) is 14.7 Å². The molecule has 4 aliphatic rings. The van der Waals surface area contributed by atoms with Crippen LogP contribution in [0.3, 0.4) is 0 Å². The molecule has 0 unspecified atom stereocenters. The van der Waals surface area contributed by atoms with E-state index in [1.165, 1.54) is 44.2 Å². The fourth-order valence-corrected chi connectivity index (χ4v) is 6.45. The maximum atomic E-state index is 13.2. The third-order valence-corrected chi connectivity index (χ3v) is 8.99. The van der Waals surface area contributed by atoms with E-state index in [0.29, 0.717) is 18.5 Å². The number of likely N-dealkylation sites (tertiary alicyclic amines) is 2. The maximum Gasteiger partial charge on any atom is 0.229 e. The molecule has 0 radical (unpaired) electrons. The lowest BCUT2D eigenvalue weighted by Crippen LogP contribution is -2.59. The summed E-state index contributed by atoms with van der Waals surface area (Å²) in [7, 11) is 0. The molecule has 1 aliphatic carbocycles. The molecular weight excluding hydrogens is 450 g/mol. The van der Waals surface area contributed by atoms with E-state index < -0.39 is 0 Å². The summed E-state index contributed by atoms with van der Waals surface area (Å²) in [5.74, 6) is 2.38. The van der Waals surface area contributed by atoms with E-state index in [-0.39, 0.29) is 23.7 Å². The molecule has 1 saturated carbocycles. The Labute approximate surface area is 217 Å². The number of amides is 2. The van der Waals surface area contributed by atoms with Gasteiger partial charge in [0.25, 0.3) is 0 Å². The molecule has 0 bridgehead atoms. The first-order chi connectivity index (χ1) is 17.4. The van der Waals surface area contributed by atoms with Gasteiger partial charge in [-0.25, -0.2) is 0 Å². The standard InChI is InChI=1S/C30H45N3O3/c1-23(2)28(34)33-20-26(21-33)29(35)32-15-13-30(14-16-32)12-6-5-8-25-7-3-4-9-27(25)36-18-17-31(22-30)19-24-10-11-24/h3-4,7,9,23-24,26H,5-6,8,10-22H2,1-2H3. The van der Waals surface area contributed by atoms with Crippen LogP contribution in [-0.4, -0.2) is 78.9 Å². The highest BCUT2D eigenvalue weighted by atomic mass is 16.5. The summed E-state index contributed by atoms with van der Waals surface area (Å²) in [6.45, 7) is 10.9. The van der Waals surface area contributed by atoms with E-state index >= 15 is 0 Å². The number of fused-ring (bicyclic) bond motifs is 1. The molecule has 0 aromatic heterocycles. The van der Waals surface area contributed by atoms with Crippen molar-refractivity contribution in [3.63, 3.8) is 0 Å². The minimum absolute atomic E-state index is 0.00152. The highest BCUT2D eigenvalue weighted by Gasteiger charge is 2.42. The van der Waals surface area contributed by atoms with Crippen molar-refractivity contribution >= 4 is 11.8 Å². The predicted octanol–water partition coefficient (Wildman–Crippen LogP) is 4.23. The Morgan fingerprint density at radius 3 is 2.47 bits per heavy atom. The highest BCUT2D eigenvalue weighted by Crippen LogP contribution is 2.40. The zero-order valence-electron chi connectivity index (χ0n) is 22.4. The number of hydrogen-bond donors (Lipinski definition) is 0.